The van der Waals surface area contributed by atoms with Crippen LogP contribution in [0.15, 0.2) is 24.8 Å². The predicted octanol–water partition coefficient (Wildman–Crippen LogP) is 3.90. The van der Waals surface area contributed by atoms with Gasteiger partial charge in [-0.15, -0.1) is 6.58 Å². The first-order valence-electron chi connectivity index (χ1n) is 8.03. The van der Waals surface area contributed by atoms with E-state index in [0.29, 0.717) is 19.8 Å². The zero-order valence-electron chi connectivity index (χ0n) is 14.9. The van der Waals surface area contributed by atoms with Crippen molar-refractivity contribution in [3.63, 3.8) is 0 Å². The van der Waals surface area contributed by atoms with Crippen LogP contribution in [0.25, 0.3) is 0 Å². The predicted molar refractivity (Wildman–Crippen MR) is 92.5 cm³/mol. The fourth-order valence-corrected chi connectivity index (χ4v) is 2.88. The molecule has 0 aromatic carbocycles. The van der Waals surface area contributed by atoms with Crippen molar-refractivity contribution in [3.8, 4) is 0 Å². The van der Waals surface area contributed by atoms with Gasteiger partial charge >= 0.3 is 0 Å². The Hall–Kier alpha value is -0.463. The average molecular weight is 329 g/mol. The zero-order chi connectivity index (χ0) is 16.8. The molecule has 128 valence electrons. The lowest BCUT2D eigenvalue weighted by Crippen LogP contribution is -2.47. The van der Waals surface area contributed by atoms with Crippen LogP contribution in [0.4, 0.5) is 0 Å². The van der Waals surface area contributed by atoms with Gasteiger partial charge in [-0.1, -0.05) is 32.9 Å². The van der Waals surface area contributed by atoms with E-state index < -0.39 is 8.32 Å². The Balaban J connectivity index is 2.69. The molecule has 0 amide bonds. The quantitative estimate of drug-likeness (QED) is 0.500. The first-order chi connectivity index (χ1) is 10.2. The van der Waals surface area contributed by atoms with Crippen LogP contribution in [0.5, 0.6) is 0 Å². The second-order valence-electron chi connectivity index (χ2n) is 7.04. The highest BCUT2D eigenvalue weighted by molar-refractivity contribution is 6.74. The Kier molecular flexibility index (Phi) is 7.48. The van der Waals surface area contributed by atoms with E-state index in [1.807, 2.05) is 19.1 Å². The molecule has 0 saturated heterocycles. The largest absolute Gasteiger partial charge is 0.414 e. The van der Waals surface area contributed by atoms with Gasteiger partial charge in [0, 0.05) is 6.61 Å². The maximum atomic E-state index is 6.29. The van der Waals surface area contributed by atoms with Gasteiger partial charge in [-0.25, -0.2) is 0 Å². The molecule has 0 saturated carbocycles. The average Bonchev–Trinajstić information content (AvgIpc) is 2.43. The summed E-state index contributed by atoms with van der Waals surface area (Å²) in [4.78, 5) is 0. The molecule has 0 aromatic heterocycles. The molecular formula is C17H32O4Si. The van der Waals surface area contributed by atoms with Gasteiger partial charge in [0.05, 0.1) is 13.2 Å². The number of hydrogen-bond donors (Lipinski definition) is 0. The van der Waals surface area contributed by atoms with Crippen LogP contribution in [-0.4, -0.2) is 46.6 Å². The van der Waals surface area contributed by atoms with Crippen molar-refractivity contribution in [1.82, 2.24) is 0 Å². The Morgan fingerprint density at radius 2 is 1.91 bits per heavy atom. The third kappa shape index (κ3) is 5.63. The Bertz CT molecular complexity index is 373. The highest BCUT2D eigenvalue weighted by Crippen LogP contribution is 2.37. The third-order valence-electron chi connectivity index (χ3n) is 4.29. The van der Waals surface area contributed by atoms with Crippen molar-refractivity contribution in [2.24, 2.45) is 0 Å². The molecule has 1 aliphatic rings. The Labute approximate surface area is 136 Å². The highest BCUT2D eigenvalue weighted by Gasteiger charge is 2.39. The van der Waals surface area contributed by atoms with Crippen molar-refractivity contribution < 1.29 is 18.6 Å². The summed E-state index contributed by atoms with van der Waals surface area (Å²) in [5.74, 6) is 0. The molecule has 0 unspecified atom stereocenters. The van der Waals surface area contributed by atoms with E-state index in [-0.39, 0.29) is 23.5 Å². The maximum Gasteiger partial charge on any atom is 0.192 e. The van der Waals surface area contributed by atoms with Gasteiger partial charge in [-0.3, -0.25) is 0 Å². The molecule has 1 aliphatic heterocycles. The summed E-state index contributed by atoms with van der Waals surface area (Å²) in [6.07, 6.45) is 5.05. The molecule has 0 bridgehead atoms. The molecule has 0 radical (unpaired) electrons. The first-order valence-corrected chi connectivity index (χ1v) is 10.9. The molecule has 3 atom stereocenters. The van der Waals surface area contributed by atoms with Gasteiger partial charge in [-0.2, -0.15) is 0 Å². The molecule has 5 heteroatoms. The van der Waals surface area contributed by atoms with Gasteiger partial charge < -0.3 is 18.6 Å². The standard InChI is InChI=1S/C17H32O4Si/c1-8-12-19-14-10-11-16(18-9-2)21-15(14)13-20-22(6,7)17(3,4)5/h8,10-11,14-16H,1,9,12-13H2,2-7H3/t14-,15+,16-/m0/s1. The monoisotopic (exact) mass is 328 g/mol. The van der Waals surface area contributed by atoms with E-state index in [1.165, 1.54) is 0 Å². The van der Waals surface area contributed by atoms with E-state index in [2.05, 4.69) is 40.4 Å². The second-order valence-corrected chi connectivity index (χ2v) is 11.9. The van der Waals surface area contributed by atoms with Crippen molar-refractivity contribution in [1.29, 1.82) is 0 Å². The van der Waals surface area contributed by atoms with E-state index in [9.17, 15) is 0 Å². The smallest absolute Gasteiger partial charge is 0.192 e. The summed E-state index contributed by atoms with van der Waals surface area (Å²) in [6.45, 7) is 18.5. The number of ether oxygens (including phenoxy) is 3. The van der Waals surface area contributed by atoms with Crippen LogP contribution in [0.2, 0.25) is 18.1 Å². The molecule has 1 heterocycles. The topological polar surface area (TPSA) is 36.9 Å². The normalized spacial score (nSPS) is 26.2. The summed E-state index contributed by atoms with van der Waals surface area (Å²) in [5.41, 5.74) is 0. The number of hydrogen-bond acceptors (Lipinski definition) is 4. The van der Waals surface area contributed by atoms with Gasteiger partial charge in [0.15, 0.2) is 14.6 Å². The molecule has 4 nitrogen and oxygen atoms in total. The molecular weight excluding hydrogens is 296 g/mol. The van der Waals surface area contributed by atoms with Gasteiger partial charge in [-0.05, 0) is 31.1 Å². The van der Waals surface area contributed by atoms with E-state index in [4.69, 9.17) is 18.6 Å². The van der Waals surface area contributed by atoms with Crippen LogP contribution < -0.4 is 0 Å². The summed E-state index contributed by atoms with van der Waals surface area (Å²) in [5, 5.41) is 0.175. The van der Waals surface area contributed by atoms with Crippen LogP contribution >= 0.6 is 0 Å². The van der Waals surface area contributed by atoms with E-state index in [0.717, 1.165) is 0 Å². The van der Waals surface area contributed by atoms with Gasteiger partial charge in [0.2, 0.25) is 0 Å². The minimum atomic E-state index is -1.81. The molecule has 0 aliphatic carbocycles. The fraction of sp³-hybridized carbons (Fsp3) is 0.765. The fourth-order valence-electron chi connectivity index (χ4n) is 1.86. The molecule has 0 aromatic rings. The second kappa shape index (κ2) is 8.41. The van der Waals surface area contributed by atoms with Crippen LogP contribution in [0, 0.1) is 0 Å². The minimum Gasteiger partial charge on any atom is -0.414 e. The van der Waals surface area contributed by atoms with Gasteiger partial charge in [0.25, 0.3) is 0 Å². The van der Waals surface area contributed by atoms with Crippen molar-refractivity contribution in [2.45, 2.75) is 64.3 Å². The molecule has 1 rings (SSSR count). The number of rotatable bonds is 8. The van der Waals surface area contributed by atoms with E-state index in [1.54, 1.807) is 6.08 Å². The van der Waals surface area contributed by atoms with E-state index >= 15 is 0 Å². The summed E-state index contributed by atoms with van der Waals surface area (Å²) in [6, 6.07) is 0. The lowest BCUT2D eigenvalue weighted by Gasteiger charge is -2.39. The van der Waals surface area contributed by atoms with Crippen LogP contribution in [0.1, 0.15) is 27.7 Å². The lowest BCUT2D eigenvalue weighted by atomic mass is 10.1. The third-order valence-corrected chi connectivity index (χ3v) is 8.79. The molecule has 0 N–H and O–H groups in total. The van der Waals surface area contributed by atoms with Gasteiger partial charge in [0.1, 0.15) is 12.2 Å². The first kappa shape index (κ1) is 19.6. The van der Waals surface area contributed by atoms with Crippen molar-refractivity contribution in [2.75, 3.05) is 19.8 Å². The zero-order valence-corrected chi connectivity index (χ0v) is 15.9. The van der Waals surface area contributed by atoms with Crippen LogP contribution in [0.3, 0.4) is 0 Å². The summed E-state index contributed by atoms with van der Waals surface area (Å²) in [7, 11) is -1.81. The summed E-state index contributed by atoms with van der Waals surface area (Å²) >= 11 is 0. The van der Waals surface area contributed by atoms with Crippen molar-refractivity contribution >= 4 is 8.32 Å². The maximum absolute atomic E-state index is 6.29. The lowest BCUT2D eigenvalue weighted by molar-refractivity contribution is -0.183. The minimum absolute atomic E-state index is 0.125. The molecule has 22 heavy (non-hydrogen) atoms. The SMILES string of the molecule is C=CCO[C@H]1C=C[C@@H](OCC)O[C@@H]1CO[Si](C)(C)C(C)(C)C. The highest BCUT2D eigenvalue weighted by atomic mass is 28.4. The van der Waals surface area contributed by atoms with Crippen LogP contribution in [-0.2, 0) is 18.6 Å². The molecule has 0 spiro atoms. The van der Waals surface area contributed by atoms with Crippen molar-refractivity contribution in [3.05, 3.63) is 24.8 Å². The Morgan fingerprint density at radius 3 is 2.45 bits per heavy atom. The Morgan fingerprint density at radius 1 is 1.23 bits per heavy atom. The molecule has 0 fully saturated rings. The summed E-state index contributed by atoms with van der Waals surface area (Å²) < 4.78 is 23.6.